The molecule has 0 aliphatic carbocycles. The van der Waals surface area contributed by atoms with Crippen molar-refractivity contribution in [3.63, 3.8) is 0 Å². The van der Waals surface area contributed by atoms with Crippen molar-refractivity contribution in [2.45, 2.75) is 77.7 Å². The predicted octanol–water partition coefficient (Wildman–Crippen LogP) is 5.23. The molecule has 3 nitrogen and oxygen atoms in total. The third-order valence-electron chi connectivity index (χ3n) is 4.64. The van der Waals surface area contributed by atoms with Crippen LogP contribution in [0, 0.1) is 11.3 Å². The monoisotopic (exact) mass is 330 g/mol. The fraction of sp³-hybridized carbons (Fsp3) is 0.667. The van der Waals surface area contributed by atoms with Crippen molar-refractivity contribution < 1.29 is 4.74 Å². The molecule has 0 saturated carbocycles. The minimum Gasteiger partial charge on any atom is -0.492 e. The van der Waals surface area contributed by atoms with Gasteiger partial charge in [0.25, 0.3) is 0 Å². The maximum absolute atomic E-state index is 9.37. The maximum Gasteiger partial charge on any atom is 0.137 e. The van der Waals surface area contributed by atoms with Crippen LogP contribution in [0.25, 0.3) is 0 Å². The predicted molar refractivity (Wildman–Crippen MR) is 101 cm³/mol. The lowest BCUT2D eigenvalue weighted by atomic mass is 9.95. The summed E-state index contributed by atoms with van der Waals surface area (Å²) in [5, 5.41) is 12.7. The van der Waals surface area contributed by atoms with Crippen LogP contribution in [0.2, 0.25) is 0 Å². The number of hydrogen-bond donors (Lipinski definition) is 1. The van der Waals surface area contributed by atoms with E-state index in [0.717, 1.165) is 25.0 Å². The summed E-state index contributed by atoms with van der Waals surface area (Å²) in [6.07, 6.45) is 9.46. The molecule has 1 rings (SSSR count). The van der Waals surface area contributed by atoms with E-state index >= 15 is 0 Å². The van der Waals surface area contributed by atoms with Crippen molar-refractivity contribution in [3.8, 4) is 11.8 Å². The topological polar surface area (TPSA) is 45.0 Å². The van der Waals surface area contributed by atoms with Crippen molar-refractivity contribution >= 4 is 0 Å². The molecule has 0 unspecified atom stereocenters. The van der Waals surface area contributed by atoms with E-state index < -0.39 is 0 Å². The van der Waals surface area contributed by atoms with Crippen LogP contribution < -0.4 is 10.1 Å². The SMILES string of the molecule is CCCCCCCCOc1ccc(CCC(C)(C)NC)cc1C#N. The van der Waals surface area contributed by atoms with Gasteiger partial charge in [-0.25, -0.2) is 0 Å². The van der Waals surface area contributed by atoms with Crippen LogP contribution in [-0.2, 0) is 6.42 Å². The standard InChI is InChI=1S/C21H34N2O/c1-5-6-7-8-9-10-15-24-20-12-11-18(16-19(20)17-22)13-14-21(2,3)23-4/h11-12,16,23H,5-10,13-15H2,1-4H3. The van der Waals surface area contributed by atoms with Crippen molar-refractivity contribution in [2.24, 2.45) is 0 Å². The molecule has 3 heteroatoms. The fourth-order valence-electron chi connectivity index (χ4n) is 2.59. The van der Waals surface area contributed by atoms with E-state index in [1.165, 1.54) is 37.7 Å². The Morgan fingerprint density at radius 3 is 2.50 bits per heavy atom. The number of nitrogens with one attached hydrogen (secondary N) is 1. The number of aryl methyl sites for hydroxylation is 1. The van der Waals surface area contributed by atoms with Gasteiger partial charge in [-0.05, 0) is 57.9 Å². The average molecular weight is 331 g/mol. The molecule has 1 aromatic carbocycles. The van der Waals surface area contributed by atoms with Crippen molar-refractivity contribution in [1.29, 1.82) is 5.26 Å². The van der Waals surface area contributed by atoms with E-state index in [9.17, 15) is 5.26 Å². The molecule has 24 heavy (non-hydrogen) atoms. The maximum atomic E-state index is 9.37. The van der Waals surface area contributed by atoms with Gasteiger partial charge in [-0.3, -0.25) is 0 Å². The first-order valence-electron chi connectivity index (χ1n) is 9.37. The van der Waals surface area contributed by atoms with Crippen LogP contribution in [-0.4, -0.2) is 19.2 Å². The molecular formula is C21H34N2O. The summed E-state index contributed by atoms with van der Waals surface area (Å²) in [6, 6.07) is 8.29. The summed E-state index contributed by atoms with van der Waals surface area (Å²) in [4.78, 5) is 0. The summed E-state index contributed by atoms with van der Waals surface area (Å²) < 4.78 is 5.82. The Kier molecular flexibility index (Phi) is 9.49. The van der Waals surface area contributed by atoms with E-state index in [1.807, 2.05) is 19.2 Å². The van der Waals surface area contributed by atoms with Gasteiger partial charge >= 0.3 is 0 Å². The quantitative estimate of drug-likeness (QED) is 0.534. The van der Waals surface area contributed by atoms with Gasteiger partial charge in [-0.15, -0.1) is 0 Å². The van der Waals surface area contributed by atoms with Crippen molar-refractivity contribution in [3.05, 3.63) is 29.3 Å². The van der Waals surface area contributed by atoms with Crippen LogP contribution in [0.1, 0.15) is 76.8 Å². The van der Waals surface area contributed by atoms with Crippen LogP contribution in [0.4, 0.5) is 0 Å². The zero-order chi connectivity index (χ0) is 17.8. The van der Waals surface area contributed by atoms with Gasteiger partial charge in [-0.2, -0.15) is 5.26 Å². The third-order valence-corrected chi connectivity index (χ3v) is 4.64. The van der Waals surface area contributed by atoms with E-state index in [-0.39, 0.29) is 5.54 Å². The summed E-state index contributed by atoms with van der Waals surface area (Å²) >= 11 is 0. The number of unbranched alkanes of at least 4 members (excludes halogenated alkanes) is 5. The van der Waals surface area contributed by atoms with E-state index in [4.69, 9.17) is 4.74 Å². The normalized spacial score (nSPS) is 11.3. The van der Waals surface area contributed by atoms with E-state index in [0.29, 0.717) is 12.2 Å². The summed E-state index contributed by atoms with van der Waals surface area (Å²) in [5.41, 5.74) is 1.96. The number of ether oxygens (including phenoxy) is 1. The molecule has 1 aromatic rings. The Hall–Kier alpha value is -1.53. The van der Waals surface area contributed by atoms with Gasteiger partial charge in [0.15, 0.2) is 0 Å². The highest BCUT2D eigenvalue weighted by Crippen LogP contribution is 2.22. The highest BCUT2D eigenvalue weighted by molar-refractivity contribution is 5.45. The first kappa shape index (κ1) is 20.5. The molecule has 0 aromatic heterocycles. The number of nitrogens with zero attached hydrogens (tertiary/aromatic N) is 1. The molecule has 0 saturated heterocycles. The minimum absolute atomic E-state index is 0.111. The molecule has 1 N–H and O–H groups in total. The second-order valence-corrected chi connectivity index (χ2v) is 7.19. The van der Waals surface area contributed by atoms with Gasteiger partial charge in [0.2, 0.25) is 0 Å². The molecular weight excluding hydrogens is 296 g/mol. The molecule has 0 heterocycles. The summed E-state index contributed by atoms with van der Waals surface area (Å²) in [7, 11) is 1.99. The minimum atomic E-state index is 0.111. The molecule has 0 fully saturated rings. The summed E-state index contributed by atoms with van der Waals surface area (Å²) in [6.45, 7) is 7.31. The van der Waals surface area contributed by atoms with Crippen molar-refractivity contribution in [1.82, 2.24) is 5.32 Å². The Labute approximate surface area is 148 Å². The smallest absolute Gasteiger partial charge is 0.137 e. The van der Waals surface area contributed by atoms with Crippen LogP contribution in [0.5, 0.6) is 5.75 Å². The number of nitriles is 1. The van der Waals surface area contributed by atoms with Gasteiger partial charge < -0.3 is 10.1 Å². The van der Waals surface area contributed by atoms with Gasteiger partial charge in [0, 0.05) is 5.54 Å². The fourth-order valence-corrected chi connectivity index (χ4v) is 2.59. The molecule has 0 radical (unpaired) electrons. The lowest BCUT2D eigenvalue weighted by molar-refractivity contribution is 0.303. The molecule has 0 amide bonds. The van der Waals surface area contributed by atoms with Crippen molar-refractivity contribution in [2.75, 3.05) is 13.7 Å². The number of rotatable bonds is 12. The lowest BCUT2D eigenvalue weighted by Crippen LogP contribution is -2.36. The van der Waals surface area contributed by atoms with Gasteiger partial charge in [0.05, 0.1) is 12.2 Å². The average Bonchev–Trinajstić information content (AvgIpc) is 2.59. The first-order chi connectivity index (χ1) is 11.5. The first-order valence-corrected chi connectivity index (χ1v) is 9.37. The Morgan fingerprint density at radius 1 is 1.12 bits per heavy atom. The number of hydrogen-bond acceptors (Lipinski definition) is 3. The van der Waals surface area contributed by atoms with Gasteiger partial charge in [0.1, 0.15) is 11.8 Å². The van der Waals surface area contributed by atoms with Gasteiger partial charge in [-0.1, -0.05) is 45.1 Å². The second kappa shape index (κ2) is 11.1. The third kappa shape index (κ3) is 7.84. The molecule has 0 aliphatic rings. The Bertz CT molecular complexity index is 517. The Balaban J connectivity index is 2.45. The van der Waals surface area contributed by atoms with Crippen LogP contribution in [0.15, 0.2) is 18.2 Å². The van der Waals surface area contributed by atoms with E-state index in [2.05, 4.69) is 38.2 Å². The lowest BCUT2D eigenvalue weighted by Gasteiger charge is -2.23. The number of benzene rings is 1. The van der Waals surface area contributed by atoms with Crippen LogP contribution >= 0.6 is 0 Å². The molecule has 134 valence electrons. The van der Waals surface area contributed by atoms with E-state index in [1.54, 1.807) is 0 Å². The zero-order valence-electron chi connectivity index (χ0n) is 16.0. The zero-order valence-corrected chi connectivity index (χ0v) is 16.0. The largest absolute Gasteiger partial charge is 0.492 e. The summed E-state index contributed by atoms with van der Waals surface area (Å²) in [5.74, 6) is 0.725. The molecule has 0 bridgehead atoms. The highest BCUT2D eigenvalue weighted by Gasteiger charge is 2.14. The molecule has 0 spiro atoms. The second-order valence-electron chi connectivity index (χ2n) is 7.19. The molecule has 0 atom stereocenters. The Morgan fingerprint density at radius 2 is 1.83 bits per heavy atom. The molecule has 0 aliphatic heterocycles. The van der Waals surface area contributed by atoms with Crippen LogP contribution in [0.3, 0.4) is 0 Å². The highest BCUT2D eigenvalue weighted by atomic mass is 16.5.